The first-order valence-electron chi connectivity index (χ1n) is 6.31. The van der Waals surface area contributed by atoms with E-state index in [0.29, 0.717) is 0 Å². The van der Waals surface area contributed by atoms with Crippen molar-refractivity contribution in [2.24, 2.45) is 41.6 Å². The molecule has 1 N–H and O–H groups in total. The first kappa shape index (κ1) is 19.3. The zero-order valence-corrected chi connectivity index (χ0v) is 13.6. The molecule has 0 fully saturated rings. The first-order valence-corrected chi connectivity index (χ1v) is 6.31. The van der Waals surface area contributed by atoms with E-state index >= 15 is 0 Å². The van der Waals surface area contributed by atoms with Gasteiger partial charge in [-0.05, 0) is 6.07 Å². The van der Waals surface area contributed by atoms with Gasteiger partial charge in [0.2, 0.25) is 0 Å². The highest BCUT2D eigenvalue weighted by atomic mass is 16.6. The molecule has 0 aliphatic heterocycles. The Kier molecular flexibility index (Phi) is 7.84. The van der Waals surface area contributed by atoms with Crippen LogP contribution in [-0.4, -0.2) is 39.5 Å². The fraction of sp³-hybridized carbons (Fsp3) is 0.364. The van der Waals surface area contributed by atoms with Crippen molar-refractivity contribution in [2.45, 2.75) is 0 Å². The highest BCUT2D eigenvalue weighted by Gasteiger charge is 2.23. The highest BCUT2D eigenvalue weighted by molar-refractivity contribution is 6.01. The van der Waals surface area contributed by atoms with Crippen LogP contribution in [0.15, 0.2) is 47.6 Å². The van der Waals surface area contributed by atoms with Gasteiger partial charge < -0.3 is 24.5 Å². The third kappa shape index (κ3) is 5.15. The Bertz CT molecular complexity index is 717. The van der Waals surface area contributed by atoms with E-state index in [1.807, 2.05) is 0 Å². The zero-order chi connectivity index (χ0) is 18.7. The Morgan fingerprint density at radius 2 is 1.20 bits per heavy atom. The summed E-state index contributed by atoms with van der Waals surface area (Å²) in [5.74, 6) is -1.34. The number of nitrogens with zero attached hydrogens (tertiary/aromatic N) is 8. The molecule has 0 saturated carbocycles. The Hall–Kier alpha value is -3.71. The zero-order valence-electron chi connectivity index (χ0n) is 13.6. The van der Waals surface area contributed by atoms with Crippen LogP contribution in [-0.2, 0) is 19.4 Å². The second-order valence-electron chi connectivity index (χ2n) is 3.75. The average Bonchev–Trinajstić information content (AvgIpc) is 2.61. The van der Waals surface area contributed by atoms with Gasteiger partial charge in [0.15, 0.2) is 0 Å². The van der Waals surface area contributed by atoms with Gasteiger partial charge in [0.1, 0.15) is 51.2 Å². The molecule has 0 spiro atoms. The minimum absolute atomic E-state index is 0.0542. The number of benzene rings is 1. The van der Waals surface area contributed by atoms with E-state index in [0.717, 1.165) is 6.07 Å². The maximum atomic E-state index is 11.5. The van der Waals surface area contributed by atoms with Crippen LogP contribution in [0.1, 0.15) is 10.4 Å². The number of carboxylic acids is 1. The number of carbonyl (C=O) groups is 1. The topological polar surface area (TPSA) is 173 Å². The van der Waals surface area contributed by atoms with Gasteiger partial charge in [-0.1, -0.05) is 0 Å². The quantitative estimate of drug-likeness (QED) is 0.518. The van der Waals surface area contributed by atoms with Gasteiger partial charge >= 0.3 is 5.97 Å². The van der Waals surface area contributed by atoms with Crippen molar-refractivity contribution < 1.29 is 29.3 Å². The van der Waals surface area contributed by atoms with Crippen LogP contribution in [0.4, 0.5) is 22.7 Å². The smallest absolute Gasteiger partial charge is 0.338 e. The molecule has 0 radical (unpaired) electrons. The summed E-state index contributed by atoms with van der Waals surface area (Å²) in [5, 5.41) is 37.6. The van der Waals surface area contributed by atoms with Crippen molar-refractivity contribution in [3.63, 3.8) is 0 Å². The molecule has 0 aromatic heterocycles. The second kappa shape index (κ2) is 10.1. The van der Waals surface area contributed by atoms with Crippen molar-refractivity contribution in [1.82, 2.24) is 0 Å². The van der Waals surface area contributed by atoms with Crippen molar-refractivity contribution in [1.29, 1.82) is 0 Å². The molecule has 0 aliphatic carbocycles. The lowest BCUT2D eigenvalue weighted by Crippen LogP contribution is -1.97. The molecule has 134 valence electrons. The van der Waals surface area contributed by atoms with E-state index in [1.54, 1.807) is 0 Å². The molecule has 0 heterocycles. The molecule has 14 nitrogen and oxygen atoms in total. The summed E-state index contributed by atoms with van der Waals surface area (Å²) >= 11 is 0. The van der Waals surface area contributed by atoms with E-state index in [-0.39, 0.29) is 28.3 Å². The van der Waals surface area contributed by atoms with Gasteiger partial charge in [-0.25, -0.2) is 4.79 Å². The maximum Gasteiger partial charge on any atom is 0.338 e. The molecule has 1 aromatic carbocycles. The largest absolute Gasteiger partial charge is 0.478 e. The Morgan fingerprint density at radius 1 is 0.760 bits per heavy atom. The van der Waals surface area contributed by atoms with Gasteiger partial charge in [0.25, 0.3) is 0 Å². The molecule has 25 heavy (non-hydrogen) atoms. The van der Waals surface area contributed by atoms with Crippen LogP contribution < -0.4 is 0 Å². The van der Waals surface area contributed by atoms with Gasteiger partial charge in [-0.15, -0.1) is 20.5 Å². The van der Waals surface area contributed by atoms with Crippen LogP contribution in [0.25, 0.3) is 0 Å². The van der Waals surface area contributed by atoms with Crippen LogP contribution in [0.5, 0.6) is 0 Å². The van der Waals surface area contributed by atoms with Crippen LogP contribution in [0, 0.1) is 0 Å². The summed E-state index contributed by atoms with van der Waals surface area (Å²) in [6.07, 6.45) is 0. The molecule has 1 rings (SSSR count). The minimum atomic E-state index is -1.34. The van der Waals surface area contributed by atoms with Crippen LogP contribution >= 0.6 is 0 Å². The summed E-state index contributed by atoms with van der Waals surface area (Å²) in [6.45, 7) is 0. The van der Waals surface area contributed by atoms with Crippen molar-refractivity contribution in [3.8, 4) is 0 Å². The van der Waals surface area contributed by atoms with E-state index in [9.17, 15) is 9.90 Å². The third-order valence-electron chi connectivity index (χ3n) is 2.36. The Morgan fingerprint density at radius 3 is 1.68 bits per heavy atom. The summed E-state index contributed by atoms with van der Waals surface area (Å²) in [5.41, 5.74) is -0.850. The normalized spacial score (nSPS) is 11.7. The van der Waals surface area contributed by atoms with Crippen LogP contribution in [0.2, 0.25) is 0 Å². The molecule has 0 aliphatic rings. The molecule has 0 bridgehead atoms. The third-order valence-corrected chi connectivity index (χ3v) is 2.36. The standard InChI is InChI=1S/C11H14N8O6/c1-22-16-12-7-5-6(11(20)21)8(13-17-23-2)10(15-19-25-4)9(7)14-18-24-3/h5H,1-4H3,(H,20,21). The van der Waals surface area contributed by atoms with E-state index in [4.69, 9.17) is 0 Å². The maximum absolute atomic E-state index is 11.5. The molecule has 14 heteroatoms. The van der Waals surface area contributed by atoms with E-state index in [2.05, 4.69) is 60.9 Å². The molecule has 0 amide bonds. The second-order valence-corrected chi connectivity index (χ2v) is 3.75. The number of hydrogen-bond acceptors (Lipinski definition) is 13. The predicted octanol–water partition coefficient (Wildman–Crippen LogP) is 3.97. The van der Waals surface area contributed by atoms with Gasteiger partial charge in [-0.2, -0.15) is 0 Å². The van der Waals surface area contributed by atoms with E-state index in [1.165, 1.54) is 28.4 Å². The average molecular weight is 354 g/mol. The van der Waals surface area contributed by atoms with E-state index < -0.39 is 5.97 Å². The SMILES string of the molecule is CON=Nc1cc(C(=O)O)c(N=NOC)c(N=NOC)c1N=NOC. The van der Waals surface area contributed by atoms with Gasteiger partial charge in [0.05, 0.1) is 5.56 Å². The lowest BCUT2D eigenvalue weighted by atomic mass is 10.1. The van der Waals surface area contributed by atoms with Gasteiger partial charge in [0, 0.05) is 21.1 Å². The molecule has 0 unspecified atom stereocenters. The summed E-state index contributed by atoms with van der Waals surface area (Å²) in [6, 6.07) is 1.12. The number of rotatable bonds is 9. The lowest BCUT2D eigenvalue weighted by Gasteiger charge is -2.08. The summed E-state index contributed by atoms with van der Waals surface area (Å²) in [4.78, 5) is 29.5. The molecular formula is C11H14N8O6. The fourth-order valence-electron chi connectivity index (χ4n) is 1.50. The minimum Gasteiger partial charge on any atom is -0.478 e. The lowest BCUT2D eigenvalue weighted by molar-refractivity contribution is 0.0697. The van der Waals surface area contributed by atoms with Crippen LogP contribution in [0.3, 0.4) is 0 Å². The first-order chi connectivity index (χ1) is 12.1. The molecule has 0 saturated heterocycles. The number of carboxylic acid groups (broad SMARTS) is 1. The summed E-state index contributed by atoms with van der Waals surface area (Å²) < 4.78 is 0. The summed E-state index contributed by atoms with van der Waals surface area (Å²) in [7, 11) is 4.98. The Balaban J connectivity index is 3.86. The number of hydrogen-bond donors (Lipinski definition) is 1. The molecule has 1 aromatic rings. The van der Waals surface area contributed by atoms with Crippen molar-refractivity contribution in [2.75, 3.05) is 28.4 Å². The highest BCUT2D eigenvalue weighted by Crippen LogP contribution is 2.47. The van der Waals surface area contributed by atoms with Crippen molar-refractivity contribution >= 4 is 28.7 Å². The monoisotopic (exact) mass is 354 g/mol. The van der Waals surface area contributed by atoms with Gasteiger partial charge in [-0.3, -0.25) is 0 Å². The number of aromatic carboxylic acids is 1. The predicted molar refractivity (Wildman–Crippen MR) is 79.5 cm³/mol. The van der Waals surface area contributed by atoms with Crippen molar-refractivity contribution in [3.05, 3.63) is 11.6 Å². The Labute approximate surface area is 140 Å². The molecular weight excluding hydrogens is 340 g/mol. The molecule has 0 atom stereocenters. The fourth-order valence-corrected chi connectivity index (χ4v) is 1.50.